The van der Waals surface area contributed by atoms with Crippen molar-refractivity contribution in [3.8, 4) is 5.75 Å². The van der Waals surface area contributed by atoms with Gasteiger partial charge in [-0.25, -0.2) is 4.92 Å². The van der Waals surface area contributed by atoms with E-state index in [4.69, 9.17) is 20.9 Å². The number of carbonyl (C=O) groups is 2. The molecule has 0 spiro atoms. The fraction of sp³-hybridized carbons (Fsp3) is 0.443. The van der Waals surface area contributed by atoms with Crippen LogP contribution in [0, 0.1) is 0 Å². The number of benzene rings is 6. The van der Waals surface area contributed by atoms with Crippen LogP contribution < -0.4 is 27.1 Å². The second-order valence-electron chi connectivity index (χ2n) is 25.3. The van der Waals surface area contributed by atoms with E-state index >= 15 is 0 Å². The Labute approximate surface area is 503 Å². The predicted molar refractivity (Wildman–Crippen MR) is 347 cm³/mol. The van der Waals surface area contributed by atoms with E-state index in [1.165, 1.54) is 60.0 Å². The molecule has 0 aromatic heterocycles. The van der Waals surface area contributed by atoms with E-state index in [1.54, 1.807) is 28.5 Å². The first-order valence-electron chi connectivity index (χ1n) is 30.6. The van der Waals surface area contributed by atoms with Gasteiger partial charge in [0.25, 0.3) is 5.91 Å². The summed E-state index contributed by atoms with van der Waals surface area (Å²) < 4.78 is 10.8. The van der Waals surface area contributed by atoms with Crippen LogP contribution in [-0.2, 0) is 48.2 Å². The van der Waals surface area contributed by atoms with Gasteiger partial charge < -0.3 is 35.8 Å². The number of nitrogens with two attached hydrogens (primary N) is 2. The van der Waals surface area contributed by atoms with Gasteiger partial charge in [-0.1, -0.05) is 165 Å². The van der Waals surface area contributed by atoms with Gasteiger partial charge in [-0.2, -0.15) is 5.10 Å². The number of hydrazone groups is 1. The van der Waals surface area contributed by atoms with E-state index < -0.39 is 20.1 Å². The first kappa shape index (κ1) is 65.2. The Bertz CT molecular complexity index is 3210. The number of aryl methyl sites for hydroxylation is 1. The molecule has 6 N–H and O–H groups in total. The number of fused-ring (bicyclic) bond motifs is 6. The highest BCUT2D eigenvalue weighted by molar-refractivity contribution is 6.67. The molecule has 0 fully saturated rings. The monoisotopic (exact) mass is 1140 g/mol. The highest BCUT2D eigenvalue weighted by atomic mass is 16.5. The van der Waals surface area contributed by atoms with E-state index in [2.05, 4.69) is 167 Å². The first-order valence-corrected chi connectivity index (χ1v) is 30.6. The molecule has 0 saturated carbocycles. The molecule has 0 radical (unpaired) electrons. The number of rotatable bonds is 7. The molecule has 1 atom stereocenters. The van der Waals surface area contributed by atoms with Crippen LogP contribution in [0.25, 0.3) is 0 Å². The highest BCUT2D eigenvalue weighted by Crippen LogP contribution is 2.32. The van der Waals surface area contributed by atoms with Crippen molar-refractivity contribution in [1.29, 1.82) is 0 Å². The van der Waals surface area contributed by atoms with E-state index in [-0.39, 0.29) is 24.1 Å². The summed E-state index contributed by atoms with van der Waals surface area (Å²) in [6.45, 7) is 32.4. The second-order valence-corrected chi connectivity index (χ2v) is 25.3. The summed E-state index contributed by atoms with van der Waals surface area (Å²) in [5, 5.41) is 23.7. The molecule has 12 nitrogen and oxygen atoms in total. The second kappa shape index (κ2) is 29.6. The molecular formula is C70H94B2N6O6. The normalized spacial score (nSPS) is 16.2. The van der Waals surface area contributed by atoms with Crippen molar-refractivity contribution < 1.29 is 29.0 Å². The zero-order valence-corrected chi connectivity index (χ0v) is 52.5. The molecule has 0 saturated heterocycles. The van der Waals surface area contributed by atoms with Crippen LogP contribution >= 0.6 is 0 Å². The smallest absolute Gasteiger partial charge is 0.492 e. The van der Waals surface area contributed by atoms with E-state index in [0.29, 0.717) is 41.7 Å². The molecule has 84 heavy (non-hydrogen) atoms. The van der Waals surface area contributed by atoms with Crippen molar-refractivity contribution in [2.24, 2.45) is 16.6 Å². The van der Waals surface area contributed by atoms with Gasteiger partial charge in [0.05, 0.1) is 25.5 Å². The number of hydrogen-bond acceptors (Lipinski definition) is 10. The Morgan fingerprint density at radius 1 is 0.667 bits per heavy atom. The van der Waals surface area contributed by atoms with Gasteiger partial charge in [-0.15, -0.1) is 0 Å². The van der Waals surface area contributed by atoms with E-state index in [1.807, 2.05) is 59.5 Å². The fourth-order valence-corrected chi connectivity index (χ4v) is 11.4. The van der Waals surface area contributed by atoms with Crippen LogP contribution in [0.1, 0.15) is 203 Å². The lowest BCUT2D eigenvalue weighted by molar-refractivity contribution is -0.125. The third kappa shape index (κ3) is 16.3. The summed E-state index contributed by atoms with van der Waals surface area (Å²) >= 11 is 0. The lowest BCUT2D eigenvalue weighted by Gasteiger charge is -2.31. The van der Waals surface area contributed by atoms with E-state index in [0.717, 1.165) is 64.5 Å². The Balaban J connectivity index is 0.000000145. The van der Waals surface area contributed by atoms with Crippen molar-refractivity contribution in [3.63, 3.8) is 0 Å². The Kier molecular flexibility index (Phi) is 23.0. The fourth-order valence-electron chi connectivity index (χ4n) is 11.4. The molecule has 6 aromatic rings. The zero-order valence-electron chi connectivity index (χ0n) is 52.5. The Morgan fingerprint density at radius 3 is 1.92 bits per heavy atom. The third-order valence-corrected chi connectivity index (χ3v) is 16.6. The highest BCUT2D eigenvalue weighted by Gasteiger charge is 2.36. The topological polar surface area (TPSA) is 167 Å². The zero-order chi connectivity index (χ0) is 61.0. The number of carbonyl (C=O) groups excluding carboxylic acids is 2. The summed E-state index contributed by atoms with van der Waals surface area (Å²) in [4.78, 5) is 28.9. The molecule has 5 heterocycles. The van der Waals surface area contributed by atoms with Crippen molar-refractivity contribution in [1.82, 2.24) is 14.7 Å². The van der Waals surface area contributed by atoms with Crippen molar-refractivity contribution in [2.45, 2.75) is 177 Å². The van der Waals surface area contributed by atoms with Gasteiger partial charge in [-0.3, -0.25) is 14.5 Å². The standard InChI is InChI=1S/C12H16BN3O2.C12H15NO.C12H17N.C12H16.C11H16BNO2.C11H14O/c1-8(2)9-3-4-11-10(5-9)7-15-16(13(11)18)12(17)6-14;1-12(2,3)13-8-9-6-4-5-7-10(9)11(13)14;1-10(2)13-8-7-11-5-3-4-6-12(11)9-13;1-9(2)11-7-3-5-10-6-4-8-12(10)11;1-7(2)8-3-4-10-9(5-8)11(6-13)15-12(10)14;1-8(2)9-3-4-11-10(7-9)5-6-12-11/h3-5,7-8,18H,6,14H2,1-2H3;4-7H,8H2,1-3H3;3-6,10H,7-9H2,1-2H3;3,5,7,9H,4,6,8H2,1-2H3;3-5,7,11,14H,6,13H2,1-2H3;3-4,7-8H,5-6H2,1-2H3. The summed E-state index contributed by atoms with van der Waals surface area (Å²) in [6.07, 6.45) is 7.69. The number of hydrogen-bond donors (Lipinski definition) is 4. The van der Waals surface area contributed by atoms with Crippen LogP contribution in [-0.4, -0.2) is 94.8 Å². The van der Waals surface area contributed by atoms with Crippen LogP contribution in [0.5, 0.6) is 5.75 Å². The van der Waals surface area contributed by atoms with Crippen molar-refractivity contribution in [3.05, 3.63) is 194 Å². The maximum absolute atomic E-state index is 12.0. The summed E-state index contributed by atoms with van der Waals surface area (Å²) in [5.74, 6) is 3.04. The molecule has 0 bridgehead atoms. The molecule has 6 aliphatic rings. The predicted octanol–water partition coefficient (Wildman–Crippen LogP) is 11.1. The number of nitrogens with zero attached hydrogens (tertiary/aromatic N) is 4. The maximum Gasteiger partial charge on any atom is 0.492 e. The van der Waals surface area contributed by atoms with Crippen LogP contribution in [0.3, 0.4) is 0 Å². The molecule has 1 aliphatic carbocycles. The molecule has 6 aromatic carbocycles. The molecule has 14 heteroatoms. The first-order chi connectivity index (χ1) is 40.0. The van der Waals surface area contributed by atoms with Gasteiger partial charge in [0.1, 0.15) is 5.75 Å². The van der Waals surface area contributed by atoms with Gasteiger partial charge in [-0.05, 0) is 174 Å². The van der Waals surface area contributed by atoms with Crippen LogP contribution in [0.4, 0.5) is 0 Å². The van der Waals surface area contributed by atoms with Gasteiger partial charge in [0.15, 0.2) is 0 Å². The third-order valence-electron chi connectivity index (χ3n) is 16.6. The molecule has 12 rings (SSSR count). The Morgan fingerprint density at radius 2 is 1.29 bits per heavy atom. The van der Waals surface area contributed by atoms with Gasteiger partial charge in [0, 0.05) is 49.7 Å². The summed E-state index contributed by atoms with van der Waals surface area (Å²) in [7, 11) is -1.86. The lowest BCUT2D eigenvalue weighted by atomic mass is 9.69. The van der Waals surface area contributed by atoms with Crippen LogP contribution in [0.15, 0.2) is 126 Å². The minimum atomic E-state index is -1.05. The quantitative estimate of drug-likeness (QED) is 0.114. The average Bonchev–Trinajstić information content (AvgIpc) is 4.49. The summed E-state index contributed by atoms with van der Waals surface area (Å²) in [6, 6.07) is 42.4. The van der Waals surface area contributed by atoms with Crippen LogP contribution in [0.2, 0.25) is 0 Å². The number of ether oxygens (including phenoxy) is 1. The van der Waals surface area contributed by atoms with Crippen molar-refractivity contribution >= 4 is 43.1 Å². The average molecular weight is 1140 g/mol. The molecule has 2 amide bonds. The lowest BCUT2D eigenvalue weighted by Crippen LogP contribution is -2.53. The molecule has 1 unspecified atom stereocenters. The molecule has 446 valence electrons. The van der Waals surface area contributed by atoms with E-state index in [9.17, 15) is 19.6 Å². The molecular weight excluding hydrogens is 1040 g/mol. The molecule has 5 aliphatic heterocycles. The number of amides is 2. The minimum Gasteiger partial charge on any atom is -0.493 e. The minimum absolute atomic E-state index is 0.0872. The van der Waals surface area contributed by atoms with Gasteiger partial charge >= 0.3 is 14.2 Å². The Hall–Kier alpha value is -6.38. The SMILES string of the molecule is CC(C)(C)N1Cc2ccccc2C1=O.CC(C)N1CCc2ccccc2C1.CC(C)c1ccc2c(c1)C(CN)OB2O.CC(C)c1ccc2c(c1)C=NN(C(=O)CN)B2O.CC(C)c1ccc2c(c1)CCO2.CC(C)c1cccc2c1CCC2. The largest absolute Gasteiger partial charge is 0.493 e. The van der Waals surface area contributed by atoms with Gasteiger partial charge in [0.2, 0.25) is 5.91 Å². The maximum atomic E-state index is 12.0. The summed E-state index contributed by atoms with van der Waals surface area (Å²) in [5.41, 5.74) is 29.3. The van der Waals surface area contributed by atoms with Crippen molar-refractivity contribution in [2.75, 3.05) is 26.2 Å².